The average molecular weight is 557 g/mol. The van der Waals surface area contributed by atoms with E-state index in [9.17, 15) is 23.5 Å². The highest BCUT2D eigenvalue weighted by atomic mass is 19.2. The number of carbonyl (C=O) groups excluding carboxylic acids is 1. The molecule has 0 saturated carbocycles. The van der Waals surface area contributed by atoms with Gasteiger partial charge in [-0.1, -0.05) is 50.2 Å². The van der Waals surface area contributed by atoms with Crippen LogP contribution in [-0.2, 0) is 11.3 Å². The van der Waals surface area contributed by atoms with Crippen molar-refractivity contribution in [2.24, 2.45) is 11.8 Å². The van der Waals surface area contributed by atoms with Gasteiger partial charge >= 0.3 is 12.0 Å². The van der Waals surface area contributed by atoms with Gasteiger partial charge in [0.15, 0.2) is 11.6 Å². The maximum Gasteiger partial charge on any atom is 0.321 e. The zero-order chi connectivity index (χ0) is 28.8. The molecule has 0 aromatic heterocycles. The van der Waals surface area contributed by atoms with Crippen LogP contribution in [0.15, 0.2) is 48.5 Å². The number of halogens is 2. The molecular weight excluding hydrogens is 514 g/mol. The minimum atomic E-state index is -0.922. The molecule has 9 heteroatoms. The number of piperidine rings is 1. The summed E-state index contributed by atoms with van der Waals surface area (Å²) >= 11 is 0. The van der Waals surface area contributed by atoms with Crippen molar-refractivity contribution in [1.29, 1.82) is 0 Å². The number of likely N-dealkylation sites (tertiary alicyclic amines) is 2. The van der Waals surface area contributed by atoms with Crippen LogP contribution in [0.25, 0.3) is 0 Å². The molecule has 2 aromatic carbocycles. The second kappa shape index (κ2) is 13.5. The van der Waals surface area contributed by atoms with Crippen LogP contribution >= 0.6 is 0 Å². The normalized spacial score (nSPS) is 21.4. The number of amides is 2. The number of rotatable bonds is 10. The molecule has 2 N–H and O–H groups in total. The molecule has 2 heterocycles. The lowest BCUT2D eigenvalue weighted by atomic mass is 9.88. The highest BCUT2D eigenvalue weighted by Crippen LogP contribution is 2.36. The summed E-state index contributed by atoms with van der Waals surface area (Å²) in [7, 11) is 0. The predicted molar refractivity (Wildman–Crippen MR) is 151 cm³/mol. The Morgan fingerprint density at radius 2 is 1.75 bits per heavy atom. The largest absolute Gasteiger partial charge is 0.480 e. The molecule has 0 aliphatic carbocycles. The van der Waals surface area contributed by atoms with Gasteiger partial charge in [0, 0.05) is 57.8 Å². The molecule has 0 bridgehead atoms. The summed E-state index contributed by atoms with van der Waals surface area (Å²) in [6.07, 6.45) is 1.70. The van der Waals surface area contributed by atoms with E-state index in [1.54, 1.807) is 0 Å². The fourth-order valence-corrected chi connectivity index (χ4v) is 6.50. The highest BCUT2D eigenvalue weighted by molar-refractivity contribution is 5.74. The van der Waals surface area contributed by atoms with E-state index >= 15 is 0 Å². The molecule has 2 fully saturated rings. The summed E-state index contributed by atoms with van der Waals surface area (Å²) < 4.78 is 26.7. The Hall–Kier alpha value is -3.04. The molecule has 2 saturated heterocycles. The zero-order valence-corrected chi connectivity index (χ0v) is 23.7. The third kappa shape index (κ3) is 7.18. The minimum Gasteiger partial charge on any atom is -0.480 e. The van der Waals surface area contributed by atoms with Crippen LogP contribution < -0.4 is 5.32 Å². The lowest BCUT2D eigenvalue weighted by molar-refractivity contribution is -0.144. The number of aliphatic carboxylic acids is 1. The number of nitrogens with zero attached hydrogens (tertiary/aromatic N) is 3. The van der Waals surface area contributed by atoms with Gasteiger partial charge in [-0.15, -0.1) is 0 Å². The lowest BCUT2D eigenvalue weighted by Gasteiger charge is -2.39. The molecular formula is C31H42F2N4O3. The van der Waals surface area contributed by atoms with Gasteiger partial charge in [-0.3, -0.25) is 9.69 Å². The monoisotopic (exact) mass is 556 g/mol. The fourth-order valence-electron chi connectivity index (χ4n) is 6.50. The van der Waals surface area contributed by atoms with Crippen LogP contribution in [-0.4, -0.2) is 83.2 Å². The Kier molecular flexibility index (Phi) is 10.1. The van der Waals surface area contributed by atoms with Gasteiger partial charge in [0.05, 0.1) is 0 Å². The van der Waals surface area contributed by atoms with E-state index in [0.29, 0.717) is 18.0 Å². The second-order valence-corrected chi connectivity index (χ2v) is 11.5. The molecule has 3 atom stereocenters. The Labute approximate surface area is 236 Å². The number of hydrogen-bond acceptors (Lipinski definition) is 4. The summed E-state index contributed by atoms with van der Waals surface area (Å²) in [6.45, 7) is 10.7. The molecule has 0 radical (unpaired) electrons. The SMILES string of the molecule is CCN(C(=O)NCc1ccc(F)c(F)c1)C1CCN(CC2CN(C(C(=O)O)C(C)C)CC2c2ccccc2)CC1. The number of carboxylic acids is 1. The standard InChI is InChI=1S/C31H42F2N4O3/c1-4-37(31(40)34-17-22-10-11-27(32)28(33)16-22)25-12-14-35(15-13-25)18-24-19-36(29(21(2)3)30(38)39)20-26(24)23-8-6-5-7-9-23/h5-11,16,21,24-26,29H,4,12-15,17-20H2,1-3H3,(H,34,40)(H,38,39). The number of hydrogen-bond donors (Lipinski definition) is 2. The molecule has 2 aromatic rings. The van der Waals surface area contributed by atoms with Gasteiger partial charge in [0.2, 0.25) is 0 Å². The van der Waals surface area contributed by atoms with Crippen LogP contribution in [0.1, 0.15) is 50.7 Å². The first-order valence-corrected chi connectivity index (χ1v) is 14.4. The summed E-state index contributed by atoms with van der Waals surface area (Å²) in [4.78, 5) is 31.5. The molecule has 40 heavy (non-hydrogen) atoms. The third-order valence-electron chi connectivity index (χ3n) is 8.49. The van der Waals surface area contributed by atoms with Crippen molar-refractivity contribution in [2.75, 3.05) is 39.3 Å². The van der Waals surface area contributed by atoms with Crippen molar-refractivity contribution in [3.05, 3.63) is 71.3 Å². The molecule has 2 aliphatic rings. The van der Waals surface area contributed by atoms with Gasteiger partial charge in [-0.05, 0) is 54.9 Å². The Bertz CT molecular complexity index is 1140. The molecule has 4 rings (SSSR count). The van der Waals surface area contributed by atoms with Gasteiger partial charge in [-0.2, -0.15) is 0 Å². The van der Waals surface area contributed by atoms with Crippen molar-refractivity contribution in [3.63, 3.8) is 0 Å². The number of carbonyl (C=O) groups is 2. The predicted octanol–water partition coefficient (Wildman–Crippen LogP) is 4.79. The minimum absolute atomic E-state index is 0.0247. The first-order chi connectivity index (χ1) is 19.2. The second-order valence-electron chi connectivity index (χ2n) is 11.5. The first-order valence-electron chi connectivity index (χ1n) is 14.4. The lowest BCUT2D eigenvalue weighted by Crippen LogP contribution is -2.51. The number of nitrogens with one attached hydrogen (secondary N) is 1. The van der Waals surface area contributed by atoms with Gasteiger partial charge in [0.25, 0.3) is 0 Å². The van der Waals surface area contributed by atoms with Crippen LogP contribution in [0, 0.1) is 23.5 Å². The van der Waals surface area contributed by atoms with E-state index < -0.39 is 23.6 Å². The van der Waals surface area contributed by atoms with Gasteiger partial charge < -0.3 is 20.2 Å². The maximum atomic E-state index is 13.5. The quantitative estimate of drug-likeness (QED) is 0.440. The van der Waals surface area contributed by atoms with E-state index in [1.807, 2.05) is 31.7 Å². The van der Waals surface area contributed by atoms with Crippen molar-refractivity contribution < 1.29 is 23.5 Å². The Balaban J connectivity index is 1.35. The Morgan fingerprint density at radius 1 is 1.05 bits per heavy atom. The topological polar surface area (TPSA) is 76.1 Å². The summed E-state index contributed by atoms with van der Waals surface area (Å²) in [5.74, 6) is -1.97. The summed E-state index contributed by atoms with van der Waals surface area (Å²) in [6, 6.07) is 13.5. The first kappa shape index (κ1) is 29.9. The molecule has 2 aliphatic heterocycles. The van der Waals surface area contributed by atoms with Crippen molar-refractivity contribution >= 4 is 12.0 Å². The van der Waals surface area contributed by atoms with Crippen molar-refractivity contribution in [2.45, 2.75) is 58.2 Å². The zero-order valence-electron chi connectivity index (χ0n) is 23.7. The van der Waals surface area contributed by atoms with Gasteiger partial charge in [-0.25, -0.2) is 13.6 Å². The smallest absolute Gasteiger partial charge is 0.321 e. The summed E-state index contributed by atoms with van der Waals surface area (Å²) in [5, 5.41) is 12.8. The van der Waals surface area contributed by atoms with Crippen LogP contribution in [0.3, 0.4) is 0 Å². The molecule has 3 unspecified atom stereocenters. The van der Waals surface area contributed by atoms with E-state index in [-0.39, 0.29) is 30.5 Å². The molecule has 218 valence electrons. The van der Waals surface area contributed by atoms with E-state index in [4.69, 9.17) is 0 Å². The van der Waals surface area contributed by atoms with E-state index in [1.165, 1.54) is 11.6 Å². The number of carboxylic acid groups (broad SMARTS) is 1. The number of benzene rings is 2. The van der Waals surface area contributed by atoms with Crippen molar-refractivity contribution in [3.8, 4) is 0 Å². The fraction of sp³-hybridized carbons (Fsp3) is 0.548. The van der Waals surface area contributed by atoms with Gasteiger partial charge in [0.1, 0.15) is 6.04 Å². The summed E-state index contributed by atoms with van der Waals surface area (Å²) in [5.41, 5.74) is 1.77. The van der Waals surface area contributed by atoms with Crippen LogP contribution in [0.4, 0.5) is 13.6 Å². The van der Waals surface area contributed by atoms with E-state index in [2.05, 4.69) is 39.4 Å². The van der Waals surface area contributed by atoms with Crippen LogP contribution in [0.5, 0.6) is 0 Å². The molecule has 0 spiro atoms. The molecule has 7 nitrogen and oxygen atoms in total. The average Bonchev–Trinajstić information content (AvgIpc) is 3.33. The third-order valence-corrected chi connectivity index (χ3v) is 8.49. The number of urea groups is 1. The van der Waals surface area contributed by atoms with Crippen molar-refractivity contribution in [1.82, 2.24) is 20.0 Å². The van der Waals surface area contributed by atoms with E-state index in [0.717, 1.165) is 57.7 Å². The van der Waals surface area contributed by atoms with Crippen LogP contribution in [0.2, 0.25) is 0 Å². The maximum absolute atomic E-state index is 13.5. The molecule has 2 amide bonds. The highest BCUT2D eigenvalue weighted by Gasteiger charge is 2.41. The Morgan fingerprint density at radius 3 is 2.35 bits per heavy atom.